The van der Waals surface area contributed by atoms with Crippen molar-refractivity contribution < 1.29 is 0 Å². The highest BCUT2D eigenvalue weighted by Crippen LogP contribution is 2.36. The topological polar surface area (TPSA) is 23.8 Å². The van der Waals surface area contributed by atoms with Crippen molar-refractivity contribution in [3.63, 3.8) is 0 Å². The van der Waals surface area contributed by atoms with Gasteiger partial charge in [-0.25, -0.2) is 0 Å². The standard InChI is InChI=1S/C15H15N/c1-12-7-6-8-13(2)14(12)15(11-16)9-4-3-5-10-15/h3-9H,10H2,1-2H3. The molecule has 80 valence electrons. The van der Waals surface area contributed by atoms with E-state index in [9.17, 15) is 5.26 Å². The molecule has 0 radical (unpaired) electrons. The number of allylic oxidation sites excluding steroid dienone is 4. The fraction of sp³-hybridized carbons (Fsp3) is 0.267. The van der Waals surface area contributed by atoms with Crippen molar-refractivity contribution in [1.29, 1.82) is 5.26 Å². The second-order valence-corrected chi connectivity index (χ2v) is 4.34. The summed E-state index contributed by atoms with van der Waals surface area (Å²) in [6, 6.07) is 8.67. The molecule has 0 saturated carbocycles. The zero-order valence-corrected chi connectivity index (χ0v) is 9.70. The summed E-state index contributed by atoms with van der Waals surface area (Å²) >= 11 is 0. The third-order valence-corrected chi connectivity index (χ3v) is 3.19. The molecule has 0 spiro atoms. The molecule has 0 fully saturated rings. The predicted molar refractivity (Wildman–Crippen MR) is 66.1 cm³/mol. The van der Waals surface area contributed by atoms with Crippen molar-refractivity contribution in [1.82, 2.24) is 0 Å². The molecule has 16 heavy (non-hydrogen) atoms. The molecule has 0 amide bonds. The first-order chi connectivity index (χ1) is 7.69. The average Bonchev–Trinajstić information content (AvgIpc) is 2.30. The van der Waals surface area contributed by atoms with Gasteiger partial charge in [0.1, 0.15) is 5.41 Å². The number of rotatable bonds is 1. The van der Waals surface area contributed by atoms with Gasteiger partial charge < -0.3 is 0 Å². The van der Waals surface area contributed by atoms with Gasteiger partial charge in [-0.3, -0.25) is 0 Å². The largest absolute Gasteiger partial charge is 0.197 e. The lowest BCUT2D eigenvalue weighted by Crippen LogP contribution is -2.24. The number of hydrogen-bond donors (Lipinski definition) is 0. The van der Waals surface area contributed by atoms with Gasteiger partial charge in [0.05, 0.1) is 6.07 Å². The minimum atomic E-state index is -0.468. The van der Waals surface area contributed by atoms with Crippen molar-refractivity contribution in [2.75, 3.05) is 0 Å². The number of nitrogens with zero attached hydrogens (tertiary/aromatic N) is 1. The van der Waals surface area contributed by atoms with Crippen LogP contribution in [0, 0.1) is 25.2 Å². The van der Waals surface area contributed by atoms with E-state index in [1.54, 1.807) is 0 Å². The van der Waals surface area contributed by atoms with E-state index >= 15 is 0 Å². The molecule has 0 aromatic heterocycles. The molecule has 0 heterocycles. The molecule has 1 aliphatic rings. The molecule has 0 bridgehead atoms. The first kappa shape index (κ1) is 10.7. The van der Waals surface area contributed by atoms with E-state index in [2.05, 4.69) is 38.1 Å². The second-order valence-electron chi connectivity index (χ2n) is 4.34. The van der Waals surface area contributed by atoms with Crippen molar-refractivity contribution in [3.05, 3.63) is 59.2 Å². The quantitative estimate of drug-likeness (QED) is 0.693. The Hall–Kier alpha value is -1.81. The summed E-state index contributed by atoms with van der Waals surface area (Å²) in [4.78, 5) is 0. The number of aryl methyl sites for hydroxylation is 2. The van der Waals surface area contributed by atoms with Gasteiger partial charge in [0, 0.05) is 0 Å². The molecule has 1 unspecified atom stereocenters. The highest BCUT2D eigenvalue weighted by Gasteiger charge is 2.31. The smallest absolute Gasteiger partial charge is 0.104 e. The Kier molecular flexibility index (Phi) is 2.66. The maximum absolute atomic E-state index is 9.51. The minimum absolute atomic E-state index is 0.468. The Labute approximate surface area is 96.7 Å². The van der Waals surface area contributed by atoms with E-state index < -0.39 is 5.41 Å². The van der Waals surface area contributed by atoms with Crippen LogP contribution in [0.5, 0.6) is 0 Å². The Balaban J connectivity index is 2.63. The van der Waals surface area contributed by atoms with Gasteiger partial charge >= 0.3 is 0 Å². The van der Waals surface area contributed by atoms with Crippen molar-refractivity contribution in [3.8, 4) is 6.07 Å². The van der Waals surface area contributed by atoms with Crippen LogP contribution in [0.2, 0.25) is 0 Å². The summed E-state index contributed by atoms with van der Waals surface area (Å²) < 4.78 is 0. The van der Waals surface area contributed by atoms with Crippen molar-refractivity contribution in [2.24, 2.45) is 0 Å². The zero-order chi connectivity index (χ0) is 11.6. The number of nitriles is 1. The van der Waals surface area contributed by atoms with Crippen molar-refractivity contribution in [2.45, 2.75) is 25.7 Å². The maximum Gasteiger partial charge on any atom is 0.104 e. The molecular weight excluding hydrogens is 194 g/mol. The highest BCUT2D eigenvalue weighted by atomic mass is 14.4. The van der Waals surface area contributed by atoms with Crippen LogP contribution in [-0.4, -0.2) is 0 Å². The predicted octanol–water partition coefficient (Wildman–Crippen LogP) is 3.58. The molecule has 1 atom stereocenters. The van der Waals surface area contributed by atoms with Gasteiger partial charge in [-0.05, 0) is 37.0 Å². The lowest BCUT2D eigenvalue weighted by molar-refractivity contribution is 0.680. The first-order valence-corrected chi connectivity index (χ1v) is 5.52. The van der Waals surface area contributed by atoms with Gasteiger partial charge in [0.15, 0.2) is 0 Å². The first-order valence-electron chi connectivity index (χ1n) is 5.52. The van der Waals surface area contributed by atoms with Crippen molar-refractivity contribution >= 4 is 0 Å². The molecule has 0 aliphatic heterocycles. The molecular formula is C15H15N. The zero-order valence-electron chi connectivity index (χ0n) is 9.70. The summed E-state index contributed by atoms with van der Waals surface area (Å²) in [6.45, 7) is 4.15. The molecule has 1 nitrogen and oxygen atoms in total. The van der Waals surface area contributed by atoms with E-state index in [4.69, 9.17) is 0 Å². The van der Waals surface area contributed by atoms with Gasteiger partial charge in [-0.2, -0.15) is 5.26 Å². The summed E-state index contributed by atoms with van der Waals surface area (Å²) in [5.41, 5.74) is 3.09. The molecule has 0 saturated heterocycles. The SMILES string of the molecule is Cc1cccc(C)c1C1(C#N)C=CC=CC1. The van der Waals surface area contributed by atoms with Gasteiger partial charge in [0.25, 0.3) is 0 Å². The summed E-state index contributed by atoms with van der Waals surface area (Å²) in [5, 5.41) is 9.51. The lowest BCUT2D eigenvalue weighted by atomic mass is 9.73. The van der Waals surface area contributed by atoms with Crippen LogP contribution in [0.15, 0.2) is 42.5 Å². The Morgan fingerprint density at radius 1 is 1.19 bits per heavy atom. The van der Waals surface area contributed by atoms with Crippen LogP contribution >= 0.6 is 0 Å². The third-order valence-electron chi connectivity index (χ3n) is 3.19. The second kappa shape index (κ2) is 3.98. The van der Waals surface area contributed by atoms with Gasteiger partial charge in [-0.1, -0.05) is 42.5 Å². The van der Waals surface area contributed by atoms with Crippen LogP contribution in [0.1, 0.15) is 23.1 Å². The van der Waals surface area contributed by atoms with E-state index in [1.807, 2.05) is 24.3 Å². The molecule has 1 aromatic rings. The molecule has 1 heteroatoms. The molecule has 0 N–H and O–H groups in total. The number of benzene rings is 1. The summed E-state index contributed by atoms with van der Waals surface area (Å²) in [7, 11) is 0. The normalized spacial score (nSPS) is 23.1. The van der Waals surface area contributed by atoms with Gasteiger partial charge in [-0.15, -0.1) is 0 Å². The van der Waals surface area contributed by atoms with E-state index in [-0.39, 0.29) is 0 Å². The summed E-state index contributed by atoms with van der Waals surface area (Å²) in [6.07, 6.45) is 8.82. The Morgan fingerprint density at radius 2 is 1.88 bits per heavy atom. The fourth-order valence-electron chi connectivity index (χ4n) is 2.46. The fourth-order valence-corrected chi connectivity index (χ4v) is 2.46. The van der Waals surface area contributed by atoms with Gasteiger partial charge in [0.2, 0.25) is 0 Å². The third kappa shape index (κ3) is 1.57. The average molecular weight is 209 g/mol. The highest BCUT2D eigenvalue weighted by molar-refractivity contribution is 5.50. The summed E-state index contributed by atoms with van der Waals surface area (Å²) in [5.74, 6) is 0. The Morgan fingerprint density at radius 3 is 2.38 bits per heavy atom. The van der Waals surface area contributed by atoms with E-state index in [1.165, 1.54) is 11.1 Å². The molecule has 1 aromatic carbocycles. The van der Waals surface area contributed by atoms with E-state index in [0.29, 0.717) is 0 Å². The molecule has 2 rings (SSSR count). The maximum atomic E-state index is 9.51. The van der Waals surface area contributed by atoms with Crippen LogP contribution in [0.3, 0.4) is 0 Å². The van der Waals surface area contributed by atoms with Crippen LogP contribution in [-0.2, 0) is 5.41 Å². The Bertz CT molecular complexity index is 482. The van der Waals surface area contributed by atoms with Crippen LogP contribution in [0.25, 0.3) is 0 Å². The monoisotopic (exact) mass is 209 g/mol. The molecule has 1 aliphatic carbocycles. The van der Waals surface area contributed by atoms with E-state index in [0.717, 1.165) is 12.0 Å². The van der Waals surface area contributed by atoms with Crippen LogP contribution < -0.4 is 0 Å². The minimum Gasteiger partial charge on any atom is -0.197 e. The lowest BCUT2D eigenvalue weighted by Gasteiger charge is -2.27. The number of hydrogen-bond acceptors (Lipinski definition) is 1. The van der Waals surface area contributed by atoms with Crippen LogP contribution in [0.4, 0.5) is 0 Å².